The molecule has 1 aromatic carbocycles. The Balaban J connectivity index is 2.33. The number of carbonyl (C=O) groups excluding carboxylic acids is 1. The van der Waals surface area contributed by atoms with Crippen molar-refractivity contribution in [3.05, 3.63) is 18.2 Å². The fourth-order valence-corrected chi connectivity index (χ4v) is 1.56. The summed E-state index contributed by atoms with van der Waals surface area (Å²) in [6.45, 7) is 5.52. The molecular weight excluding hydrogens is 272 g/mol. The Morgan fingerprint density at radius 1 is 1.05 bits per heavy atom. The van der Waals surface area contributed by atoms with Crippen LogP contribution in [0.15, 0.2) is 18.2 Å². The zero-order chi connectivity index (χ0) is 15.7. The lowest BCUT2D eigenvalue weighted by atomic mass is 10.2. The first-order chi connectivity index (χ1) is 10.0. The Labute approximate surface area is 125 Å². The lowest BCUT2D eigenvalue weighted by Crippen LogP contribution is -2.39. The highest BCUT2D eigenvalue weighted by Crippen LogP contribution is 2.27. The van der Waals surface area contributed by atoms with Gasteiger partial charge in [-0.2, -0.15) is 0 Å². The van der Waals surface area contributed by atoms with Crippen LogP contribution < -0.4 is 24.8 Å². The number of benzene rings is 1. The van der Waals surface area contributed by atoms with Crippen molar-refractivity contribution in [1.29, 1.82) is 0 Å². The fraction of sp³-hybridized carbons (Fsp3) is 0.533. The highest BCUT2D eigenvalue weighted by atomic mass is 16.5. The second-order valence-corrected chi connectivity index (χ2v) is 4.93. The van der Waals surface area contributed by atoms with Crippen LogP contribution in [0.5, 0.6) is 17.2 Å². The lowest BCUT2D eigenvalue weighted by molar-refractivity contribution is 0.235. The van der Waals surface area contributed by atoms with E-state index in [0.717, 1.165) is 0 Å². The van der Waals surface area contributed by atoms with Gasteiger partial charge >= 0.3 is 6.03 Å². The molecule has 0 atom stereocenters. The van der Waals surface area contributed by atoms with Crippen LogP contribution in [-0.2, 0) is 0 Å². The third-order valence-electron chi connectivity index (χ3n) is 2.65. The number of hydrogen-bond donors (Lipinski definition) is 2. The number of ether oxygens (including phenoxy) is 3. The van der Waals surface area contributed by atoms with Gasteiger partial charge < -0.3 is 24.8 Å². The summed E-state index contributed by atoms with van der Waals surface area (Å²) in [6, 6.07) is 5.11. The van der Waals surface area contributed by atoms with Crippen LogP contribution in [0, 0.1) is 5.92 Å². The van der Waals surface area contributed by atoms with Crippen LogP contribution >= 0.6 is 0 Å². The minimum absolute atomic E-state index is 0.185. The third kappa shape index (κ3) is 6.74. The van der Waals surface area contributed by atoms with Gasteiger partial charge in [-0.15, -0.1) is 0 Å². The van der Waals surface area contributed by atoms with Gasteiger partial charge in [0.05, 0.1) is 20.8 Å². The van der Waals surface area contributed by atoms with Gasteiger partial charge in [0.1, 0.15) is 23.9 Å². The molecule has 6 heteroatoms. The van der Waals surface area contributed by atoms with Crippen molar-refractivity contribution in [3.63, 3.8) is 0 Å². The maximum Gasteiger partial charge on any atom is 0.314 e. The summed E-state index contributed by atoms with van der Waals surface area (Å²) in [4.78, 5) is 11.4. The van der Waals surface area contributed by atoms with E-state index in [1.54, 1.807) is 32.4 Å². The highest BCUT2D eigenvalue weighted by Gasteiger charge is 2.04. The summed E-state index contributed by atoms with van der Waals surface area (Å²) in [5.74, 6) is 2.38. The first-order valence-corrected chi connectivity index (χ1v) is 6.92. The van der Waals surface area contributed by atoms with Crippen LogP contribution in [-0.4, -0.2) is 39.9 Å². The molecule has 0 aliphatic heterocycles. The predicted molar refractivity (Wildman–Crippen MR) is 81.3 cm³/mol. The molecule has 1 aromatic rings. The Kier molecular flexibility index (Phi) is 7.21. The minimum atomic E-state index is -0.185. The van der Waals surface area contributed by atoms with Crippen molar-refractivity contribution in [2.75, 3.05) is 33.9 Å². The summed E-state index contributed by atoms with van der Waals surface area (Å²) in [6.07, 6.45) is 0. The molecule has 0 spiro atoms. The minimum Gasteiger partial charge on any atom is -0.496 e. The van der Waals surface area contributed by atoms with E-state index in [0.29, 0.717) is 42.9 Å². The normalized spacial score (nSPS) is 10.1. The molecule has 2 amide bonds. The highest BCUT2D eigenvalue weighted by molar-refractivity contribution is 5.73. The summed E-state index contributed by atoms with van der Waals surface area (Å²) in [7, 11) is 3.17. The third-order valence-corrected chi connectivity index (χ3v) is 2.65. The molecule has 0 saturated heterocycles. The second-order valence-electron chi connectivity index (χ2n) is 4.93. The average molecular weight is 296 g/mol. The molecule has 118 valence electrons. The Morgan fingerprint density at radius 3 is 2.14 bits per heavy atom. The van der Waals surface area contributed by atoms with Gasteiger partial charge in [0.25, 0.3) is 0 Å². The lowest BCUT2D eigenvalue weighted by Gasteiger charge is -2.12. The van der Waals surface area contributed by atoms with E-state index in [4.69, 9.17) is 14.2 Å². The second kappa shape index (κ2) is 8.94. The van der Waals surface area contributed by atoms with Crippen LogP contribution in [0.2, 0.25) is 0 Å². The molecule has 0 unspecified atom stereocenters. The van der Waals surface area contributed by atoms with Gasteiger partial charge in [0.15, 0.2) is 0 Å². The Morgan fingerprint density at radius 2 is 1.62 bits per heavy atom. The maximum absolute atomic E-state index is 11.4. The quantitative estimate of drug-likeness (QED) is 0.720. The molecule has 0 fully saturated rings. The monoisotopic (exact) mass is 296 g/mol. The van der Waals surface area contributed by atoms with Crippen molar-refractivity contribution >= 4 is 6.03 Å². The number of nitrogens with one attached hydrogen (secondary N) is 2. The van der Waals surface area contributed by atoms with E-state index < -0.39 is 0 Å². The molecule has 0 heterocycles. The number of carbonyl (C=O) groups is 1. The van der Waals surface area contributed by atoms with Crippen molar-refractivity contribution in [2.45, 2.75) is 13.8 Å². The van der Waals surface area contributed by atoms with E-state index in [-0.39, 0.29) is 6.03 Å². The largest absolute Gasteiger partial charge is 0.496 e. The average Bonchev–Trinajstić information content (AvgIpc) is 2.49. The molecule has 0 aromatic heterocycles. The van der Waals surface area contributed by atoms with E-state index in [1.165, 1.54) is 0 Å². The van der Waals surface area contributed by atoms with Crippen LogP contribution in [0.3, 0.4) is 0 Å². The molecular formula is C15H24N2O4. The summed E-state index contributed by atoms with van der Waals surface area (Å²) in [5, 5.41) is 5.50. The van der Waals surface area contributed by atoms with Gasteiger partial charge in [-0.05, 0) is 5.92 Å². The number of rotatable bonds is 8. The molecule has 0 bridgehead atoms. The Bertz CT molecular complexity index is 427. The van der Waals surface area contributed by atoms with Crippen LogP contribution in [0.1, 0.15) is 13.8 Å². The predicted octanol–water partition coefficient (Wildman–Crippen LogP) is 2.04. The van der Waals surface area contributed by atoms with Crippen molar-refractivity contribution in [1.82, 2.24) is 10.6 Å². The van der Waals surface area contributed by atoms with Gasteiger partial charge in [0.2, 0.25) is 0 Å². The molecule has 0 aliphatic carbocycles. The van der Waals surface area contributed by atoms with E-state index in [9.17, 15) is 4.79 Å². The van der Waals surface area contributed by atoms with Gasteiger partial charge in [-0.25, -0.2) is 4.79 Å². The van der Waals surface area contributed by atoms with Gasteiger partial charge in [-0.1, -0.05) is 13.8 Å². The smallest absolute Gasteiger partial charge is 0.314 e. The van der Waals surface area contributed by atoms with Crippen molar-refractivity contribution < 1.29 is 19.0 Å². The molecule has 0 aliphatic rings. The van der Waals surface area contributed by atoms with Gasteiger partial charge in [0, 0.05) is 24.7 Å². The topological polar surface area (TPSA) is 68.8 Å². The van der Waals surface area contributed by atoms with E-state index >= 15 is 0 Å². The van der Waals surface area contributed by atoms with Crippen molar-refractivity contribution in [3.8, 4) is 17.2 Å². The zero-order valence-corrected chi connectivity index (χ0v) is 13.1. The maximum atomic E-state index is 11.4. The molecule has 1 rings (SSSR count). The van der Waals surface area contributed by atoms with Crippen molar-refractivity contribution in [2.24, 2.45) is 5.92 Å². The van der Waals surface area contributed by atoms with Crippen LogP contribution in [0.4, 0.5) is 4.79 Å². The molecule has 6 nitrogen and oxygen atoms in total. The Hall–Kier alpha value is -2.11. The number of amides is 2. The molecule has 0 saturated carbocycles. The number of urea groups is 1. The first-order valence-electron chi connectivity index (χ1n) is 6.92. The summed E-state index contributed by atoms with van der Waals surface area (Å²) < 4.78 is 15.9. The van der Waals surface area contributed by atoms with Crippen LogP contribution in [0.25, 0.3) is 0 Å². The molecule has 0 radical (unpaired) electrons. The molecule has 2 N–H and O–H groups in total. The summed E-state index contributed by atoms with van der Waals surface area (Å²) in [5.41, 5.74) is 0. The molecule has 21 heavy (non-hydrogen) atoms. The number of methoxy groups -OCH3 is 2. The van der Waals surface area contributed by atoms with E-state index in [1.807, 2.05) is 13.8 Å². The fourth-order valence-electron chi connectivity index (χ4n) is 1.56. The zero-order valence-electron chi connectivity index (χ0n) is 13.1. The van der Waals surface area contributed by atoms with E-state index in [2.05, 4.69) is 10.6 Å². The SMILES string of the molecule is COc1cc(OC)cc(OCCNC(=O)NCC(C)C)c1. The summed E-state index contributed by atoms with van der Waals surface area (Å²) >= 11 is 0. The standard InChI is InChI=1S/C15H24N2O4/c1-11(2)10-17-15(18)16-5-6-21-14-8-12(19-3)7-13(9-14)20-4/h7-9,11H,5-6,10H2,1-4H3,(H2,16,17,18). The van der Waals surface area contributed by atoms with Gasteiger partial charge in [-0.3, -0.25) is 0 Å². The first kappa shape index (κ1) is 16.9. The number of hydrogen-bond acceptors (Lipinski definition) is 4.